The van der Waals surface area contributed by atoms with E-state index in [2.05, 4.69) is 12.1 Å². The summed E-state index contributed by atoms with van der Waals surface area (Å²) < 4.78 is 10.9. The topological polar surface area (TPSA) is 42.7 Å². The Labute approximate surface area is 163 Å². The molecule has 0 aliphatic carbocycles. The zero-order valence-electron chi connectivity index (χ0n) is 15.3. The molecule has 140 valence electrons. The van der Waals surface area contributed by atoms with Gasteiger partial charge in [-0.15, -0.1) is 0 Å². The van der Waals surface area contributed by atoms with Gasteiger partial charge < -0.3 is 14.1 Å². The number of amides is 1. The summed E-state index contributed by atoms with van der Waals surface area (Å²) >= 11 is 6.01. The molecule has 2 heterocycles. The van der Waals surface area contributed by atoms with E-state index >= 15 is 0 Å². The third-order valence-corrected chi connectivity index (χ3v) is 5.51. The molecule has 0 spiro atoms. The average molecular weight is 384 g/mol. The number of methoxy groups -OCH3 is 1. The van der Waals surface area contributed by atoms with E-state index in [1.54, 1.807) is 25.3 Å². The number of nitrogens with zero attached hydrogens (tertiary/aromatic N) is 1. The predicted octanol–water partition coefficient (Wildman–Crippen LogP) is 5.19. The highest BCUT2D eigenvalue weighted by Gasteiger charge is 2.25. The third kappa shape index (κ3) is 3.96. The largest absolute Gasteiger partial charge is 0.497 e. The van der Waals surface area contributed by atoms with Crippen LogP contribution in [0.5, 0.6) is 5.75 Å². The van der Waals surface area contributed by atoms with Gasteiger partial charge >= 0.3 is 0 Å². The van der Waals surface area contributed by atoms with Crippen molar-refractivity contribution in [3.63, 3.8) is 0 Å². The predicted molar refractivity (Wildman–Crippen MR) is 107 cm³/mol. The minimum absolute atomic E-state index is 0.0368. The number of hydrogen-bond donors (Lipinski definition) is 0. The summed E-state index contributed by atoms with van der Waals surface area (Å²) in [6, 6.07) is 15.4. The number of likely N-dealkylation sites (tertiary alicyclic amines) is 1. The van der Waals surface area contributed by atoms with Crippen LogP contribution in [0.3, 0.4) is 0 Å². The molecule has 3 aromatic rings. The first kappa shape index (κ1) is 17.9. The first-order valence-corrected chi connectivity index (χ1v) is 9.61. The molecular weight excluding hydrogens is 362 g/mol. The molecule has 2 aromatic carbocycles. The molecule has 27 heavy (non-hydrogen) atoms. The van der Waals surface area contributed by atoms with Crippen LogP contribution in [0.25, 0.3) is 11.0 Å². The number of halogens is 1. The lowest BCUT2D eigenvalue weighted by Gasteiger charge is -2.31. The highest BCUT2D eigenvalue weighted by molar-refractivity contribution is 6.31. The Morgan fingerprint density at radius 1 is 1.15 bits per heavy atom. The molecule has 0 N–H and O–H groups in total. The second kappa shape index (κ2) is 7.65. The number of furan rings is 1. The van der Waals surface area contributed by atoms with E-state index in [0.717, 1.165) is 43.5 Å². The summed E-state index contributed by atoms with van der Waals surface area (Å²) in [6.45, 7) is 1.52. The van der Waals surface area contributed by atoms with Crippen LogP contribution in [0.2, 0.25) is 5.02 Å². The van der Waals surface area contributed by atoms with Crippen molar-refractivity contribution in [1.82, 2.24) is 4.90 Å². The molecule has 0 radical (unpaired) electrons. The minimum atomic E-state index is -0.0368. The molecule has 1 fully saturated rings. The first-order valence-electron chi connectivity index (χ1n) is 9.23. The molecule has 1 saturated heterocycles. The van der Waals surface area contributed by atoms with Crippen LogP contribution in [0.15, 0.2) is 52.9 Å². The third-order valence-electron chi connectivity index (χ3n) is 5.27. The molecule has 0 atom stereocenters. The lowest BCUT2D eigenvalue weighted by molar-refractivity contribution is 0.0661. The maximum Gasteiger partial charge on any atom is 0.289 e. The van der Waals surface area contributed by atoms with Crippen molar-refractivity contribution in [2.75, 3.05) is 20.2 Å². The molecule has 0 bridgehead atoms. The maximum absolute atomic E-state index is 12.8. The van der Waals surface area contributed by atoms with Gasteiger partial charge in [0, 0.05) is 23.5 Å². The number of benzene rings is 2. The standard InChI is InChI=1S/C22H22ClNO3/c1-26-19-5-2-15(3-6-19)12-16-8-10-24(11-9-16)22(25)21-14-17-13-18(23)4-7-20(17)27-21/h2-7,13-14,16H,8-12H2,1H3. The van der Waals surface area contributed by atoms with Crippen molar-refractivity contribution in [3.8, 4) is 5.75 Å². The quantitative estimate of drug-likeness (QED) is 0.622. The van der Waals surface area contributed by atoms with Gasteiger partial charge in [-0.1, -0.05) is 23.7 Å². The fraction of sp³-hybridized carbons (Fsp3) is 0.318. The summed E-state index contributed by atoms with van der Waals surface area (Å²) in [5.74, 6) is 1.83. The highest BCUT2D eigenvalue weighted by atomic mass is 35.5. The van der Waals surface area contributed by atoms with Crippen molar-refractivity contribution in [2.45, 2.75) is 19.3 Å². The SMILES string of the molecule is COc1ccc(CC2CCN(C(=O)c3cc4cc(Cl)ccc4o3)CC2)cc1. The zero-order valence-corrected chi connectivity index (χ0v) is 16.0. The van der Waals surface area contributed by atoms with Crippen molar-refractivity contribution in [2.24, 2.45) is 5.92 Å². The van der Waals surface area contributed by atoms with E-state index in [4.69, 9.17) is 20.8 Å². The van der Waals surface area contributed by atoms with E-state index < -0.39 is 0 Å². The van der Waals surface area contributed by atoms with Crippen molar-refractivity contribution >= 4 is 28.5 Å². The summed E-state index contributed by atoms with van der Waals surface area (Å²) in [7, 11) is 1.68. The van der Waals surface area contributed by atoms with Crippen LogP contribution in [-0.2, 0) is 6.42 Å². The van der Waals surface area contributed by atoms with Gasteiger partial charge in [-0.05, 0) is 67.1 Å². The van der Waals surface area contributed by atoms with Crippen LogP contribution in [0.1, 0.15) is 29.0 Å². The van der Waals surface area contributed by atoms with Crippen molar-refractivity contribution in [1.29, 1.82) is 0 Å². The molecule has 4 nitrogen and oxygen atoms in total. The molecule has 4 rings (SSSR count). The minimum Gasteiger partial charge on any atom is -0.497 e. The van der Waals surface area contributed by atoms with E-state index in [0.29, 0.717) is 22.3 Å². The molecule has 1 aromatic heterocycles. The Morgan fingerprint density at radius 2 is 1.89 bits per heavy atom. The van der Waals surface area contributed by atoms with E-state index in [1.807, 2.05) is 23.1 Å². The number of hydrogen-bond acceptors (Lipinski definition) is 3. The maximum atomic E-state index is 12.8. The molecule has 0 saturated carbocycles. The Bertz CT molecular complexity index is 940. The summed E-state index contributed by atoms with van der Waals surface area (Å²) in [5, 5.41) is 1.50. The van der Waals surface area contributed by atoms with Gasteiger partial charge in [0.25, 0.3) is 5.91 Å². The van der Waals surface area contributed by atoms with Crippen LogP contribution >= 0.6 is 11.6 Å². The van der Waals surface area contributed by atoms with Crippen molar-refractivity contribution < 1.29 is 13.9 Å². The van der Waals surface area contributed by atoms with Gasteiger partial charge in [0.05, 0.1) is 7.11 Å². The van der Waals surface area contributed by atoms with E-state index in [9.17, 15) is 4.79 Å². The molecule has 0 unspecified atom stereocenters. The number of carbonyl (C=O) groups excluding carboxylic acids is 1. The van der Waals surface area contributed by atoms with Gasteiger partial charge in [-0.2, -0.15) is 0 Å². The molecule has 1 aliphatic heterocycles. The normalized spacial score (nSPS) is 15.3. The Balaban J connectivity index is 1.36. The Kier molecular flexibility index (Phi) is 5.08. The number of ether oxygens (including phenoxy) is 1. The first-order chi connectivity index (χ1) is 13.1. The Morgan fingerprint density at radius 3 is 2.59 bits per heavy atom. The summed E-state index contributed by atoms with van der Waals surface area (Å²) in [4.78, 5) is 14.7. The Hall–Kier alpha value is -2.46. The monoisotopic (exact) mass is 383 g/mol. The molecule has 1 amide bonds. The highest BCUT2D eigenvalue weighted by Crippen LogP contribution is 2.27. The summed E-state index contributed by atoms with van der Waals surface area (Å²) in [6.07, 6.45) is 3.04. The van der Waals surface area contributed by atoms with Gasteiger partial charge in [0.1, 0.15) is 11.3 Å². The smallest absolute Gasteiger partial charge is 0.289 e. The zero-order chi connectivity index (χ0) is 18.8. The van der Waals surface area contributed by atoms with Crippen LogP contribution in [0.4, 0.5) is 0 Å². The lowest BCUT2D eigenvalue weighted by atomic mass is 9.90. The second-order valence-electron chi connectivity index (χ2n) is 7.08. The van der Waals surface area contributed by atoms with Gasteiger partial charge in [0.2, 0.25) is 0 Å². The van der Waals surface area contributed by atoms with Gasteiger partial charge in [-0.25, -0.2) is 0 Å². The fourth-order valence-corrected chi connectivity index (χ4v) is 3.89. The molecule has 1 aliphatic rings. The number of fused-ring (bicyclic) bond motifs is 1. The van der Waals surface area contributed by atoms with Gasteiger partial charge in [-0.3, -0.25) is 4.79 Å². The average Bonchev–Trinajstić information content (AvgIpc) is 3.12. The molecule has 5 heteroatoms. The van der Waals surface area contributed by atoms with Crippen LogP contribution in [0, 0.1) is 5.92 Å². The number of carbonyl (C=O) groups is 1. The van der Waals surface area contributed by atoms with E-state index in [1.165, 1.54) is 5.56 Å². The fourth-order valence-electron chi connectivity index (χ4n) is 3.71. The molecular formula is C22H22ClNO3. The second-order valence-corrected chi connectivity index (χ2v) is 7.52. The number of rotatable bonds is 4. The van der Waals surface area contributed by atoms with Crippen molar-refractivity contribution in [3.05, 3.63) is 64.9 Å². The lowest BCUT2D eigenvalue weighted by Crippen LogP contribution is -2.38. The summed E-state index contributed by atoms with van der Waals surface area (Å²) in [5.41, 5.74) is 2.01. The number of piperidine rings is 1. The van der Waals surface area contributed by atoms with Crippen LogP contribution < -0.4 is 4.74 Å². The van der Waals surface area contributed by atoms with E-state index in [-0.39, 0.29) is 5.91 Å². The van der Waals surface area contributed by atoms with Crippen LogP contribution in [-0.4, -0.2) is 31.0 Å². The van der Waals surface area contributed by atoms with Gasteiger partial charge in [0.15, 0.2) is 5.76 Å².